The third kappa shape index (κ3) is 3.87. The maximum absolute atomic E-state index is 10.6. The molecule has 1 aromatic heterocycles. The number of hydrogen-bond acceptors (Lipinski definition) is 5. The molecule has 2 aliphatic rings. The second-order valence-electron chi connectivity index (χ2n) is 7.56. The molecule has 1 aliphatic heterocycles. The number of furan rings is 1. The molecule has 27 heavy (non-hydrogen) atoms. The van der Waals surface area contributed by atoms with Crippen LogP contribution in [-0.2, 0) is 11.3 Å². The van der Waals surface area contributed by atoms with Gasteiger partial charge >= 0.3 is 0 Å². The lowest BCUT2D eigenvalue weighted by Gasteiger charge is -2.33. The first-order valence-corrected chi connectivity index (χ1v) is 9.85. The van der Waals surface area contributed by atoms with Crippen molar-refractivity contribution in [2.45, 2.75) is 51.1 Å². The fraction of sp³-hybridized carbons (Fsp3) is 0.524. The number of rotatable bonds is 5. The fourth-order valence-electron chi connectivity index (χ4n) is 4.32. The van der Waals surface area contributed by atoms with Crippen LogP contribution in [0.1, 0.15) is 42.5 Å². The van der Waals surface area contributed by atoms with Crippen molar-refractivity contribution in [1.29, 1.82) is 0 Å². The van der Waals surface area contributed by atoms with Crippen LogP contribution in [-0.4, -0.2) is 29.0 Å². The molecule has 0 amide bonds. The molecule has 0 bridgehead atoms. The summed E-state index contributed by atoms with van der Waals surface area (Å²) in [6.07, 6.45) is 1.86. The molecule has 5 nitrogen and oxygen atoms in total. The summed E-state index contributed by atoms with van der Waals surface area (Å²) in [4.78, 5) is 0. The van der Waals surface area contributed by atoms with Gasteiger partial charge in [-0.1, -0.05) is 11.6 Å². The van der Waals surface area contributed by atoms with Crippen molar-refractivity contribution < 1.29 is 24.1 Å². The molecular weight excluding hydrogens is 368 g/mol. The number of halogens is 1. The molecular formula is C21H25ClO5. The molecule has 1 saturated heterocycles. The maximum atomic E-state index is 10.6. The number of aryl methyl sites for hydroxylation is 1. The number of hydrogen-bond donors (Lipinski definition) is 2. The standard InChI is InChI=1S/C21H25ClO5/c1-12-8-13(2-5-17(12)22)25-11-16-15-4-7-20(27-21(15)9-18(16)24)19-6-3-14(10-23)26-19/h2-3,5-6,8,15-16,18,20-21,23-24H,4,7,9-11H2,1H3/t15-,16-,18-,20-,21+/m1/s1. The number of ether oxygens (including phenoxy) is 2. The van der Waals surface area contributed by atoms with E-state index in [1.54, 1.807) is 6.07 Å². The van der Waals surface area contributed by atoms with E-state index in [1.165, 1.54) is 0 Å². The quantitative estimate of drug-likeness (QED) is 0.803. The van der Waals surface area contributed by atoms with Crippen LogP contribution in [0.3, 0.4) is 0 Å². The van der Waals surface area contributed by atoms with Gasteiger partial charge < -0.3 is 24.1 Å². The van der Waals surface area contributed by atoms with Gasteiger partial charge in [0, 0.05) is 17.4 Å². The van der Waals surface area contributed by atoms with E-state index >= 15 is 0 Å². The summed E-state index contributed by atoms with van der Waals surface area (Å²) in [5.74, 6) is 2.40. The Kier molecular flexibility index (Phi) is 5.46. The zero-order valence-corrected chi connectivity index (χ0v) is 16.1. The van der Waals surface area contributed by atoms with Crippen molar-refractivity contribution >= 4 is 11.6 Å². The third-order valence-electron chi connectivity index (χ3n) is 5.82. The zero-order chi connectivity index (χ0) is 19.0. The van der Waals surface area contributed by atoms with Crippen LogP contribution in [0.25, 0.3) is 0 Å². The minimum absolute atomic E-state index is 0.00183. The Morgan fingerprint density at radius 1 is 1.22 bits per heavy atom. The Bertz CT molecular complexity index is 789. The van der Waals surface area contributed by atoms with Crippen molar-refractivity contribution in [3.8, 4) is 5.75 Å². The van der Waals surface area contributed by atoms with Gasteiger partial charge in [0.15, 0.2) is 0 Å². The van der Waals surface area contributed by atoms with Gasteiger partial charge in [0.05, 0.1) is 18.8 Å². The lowest BCUT2D eigenvalue weighted by Crippen LogP contribution is -2.33. The summed E-state index contributed by atoms with van der Waals surface area (Å²) in [6, 6.07) is 9.25. The van der Waals surface area contributed by atoms with Crippen LogP contribution < -0.4 is 4.74 Å². The van der Waals surface area contributed by atoms with E-state index in [0.717, 1.165) is 34.9 Å². The zero-order valence-electron chi connectivity index (χ0n) is 15.3. The van der Waals surface area contributed by atoms with Crippen LogP contribution in [0.4, 0.5) is 0 Å². The van der Waals surface area contributed by atoms with Gasteiger partial charge in [0.2, 0.25) is 0 Å². The first-order valence-electron chi connectivity index (χ1n) is 9.47. The van der Waals surface area contributed by atoms with Crippen molar-refractivity contribution in [3.63, 3.8) is 0 Å². The first kappa shape index (κ1) is 18.8. The molecule has 2 aromatic rings. The number of fused-ring (bicyclic) bond motifs is 1. The largest absolute Gasteiger partial charge is 0.493 e. The van der Waals surface area contributed by atoms with Gasteiger partial charge in [0.1, 0.15) is 30.0 Å². The number of benzene rings is 1. The highest BCUT2D eigenvalue weighted by Crippen LogP contribution is 2.46. The monoisotopic (exact) mass is 392 g/mol. The van der Waals surface area contributed by atoms with Crippen LogP contribution in [0, 0.1) is 18.8 Å². The van der Waals surface area contributed by atoms with E-state index in [0.29, 0.717) is 18.8 Å². The molecule has 4 rings (SSSR count). The molecule has 0 unspecified atom stereocenters. The molecule has 1 aromatic carbocycles. The highest BCUT2D eigenvalue weighted by molar-refractivity contribution is 6.31. The smallest absolute Gasteiger partial charge is 0.133 e. The molecule has 146 valence electrons. The molecule has 5 atom stereocenters. The van der Waals surface area contributed by atoms with E-state index in [1.807, 2.05) is 31.2 Å². The second-order valence-corrected chi connectivity index (χ2v) is 7.96. The molecule has 1 aliphatic carbocycles. The van der Waals surface area contributed by atoms with Crippen molar-refractivity contribution in [3.05, 3.63) is 52.4 Å². The van der Waals surface area contributed by atoms with E-state index < -0.39 is 6.10 Å². The molecule has 6 heteroatoms. The van der Waals surface area contributed by atoms with Gasteiger partial charge in [0.25, 0.3) is 0 Å². The highest BCUT2D eigenvalue weighted by Gasteiger charge is 2.47. The maximum Gasteiger partial charge on any atom is 0.133 e. The minimum atomic E-state index is -0.434. The normalized spacial score (nSPS) is 30.3. The summed E-state index contributed by atoms with van der Waals surface area (Å²) < 4.78 is 17.8. The van der Waals surface area contributed by atoms with Crippen LogP contribution in [0.15, 0.2) is 34.7 Å². The molecule has 0 spiro atoms. The van der Waals surface area contributed by atoms with Crippen molar-refractivity contribution in [2.75, 3.05) is 6.61 Å². The first-order chi connectivity index (χ1) is 13.0. The summed E-state index contributed by atoms with van der Waals surface area (Å²) in [5.41, 5.74) is 0.976. The summed E-state index contributed by atoms with van der Waals surface area (Å²) in [5, 5.41) is 20.4. The predicted molar refractivity (Wildman–Crippen MR) is 101 cm³/mol. The van der Waals surface area contributed by atoms with E-state index in [2.05, 4.69) is 0 Å². The molecule has 2 N–H and O–H groups in total. The van der Waals surface area contributed by atoms with Gasteiger partial charge in [-0.2, -0.15) is 0 Å². The molecule has 0 radical (unpaired) electrons. The molecule has 2 fully saturated rings. The molecule has 1 saturated carbocycles. The lowest BCUT2D eigenvalue weighted by molar-refractivity contribution is -0.0894. The van der Waals surface area contributed by atoms with Crippen LogP contribution in [0.2, 0.25) is 5.02 Å². The van der Waals surface area contributed by atoms with E-state index in [4.69, 9.17) is 30.6 Å². The second kappa shape index (κ2) is 7.84. The Balaban J connectivity index is 1.38. The van der Waals surface area contributed by atoms with Crippen molar-refractivity contribution in [1.82, 2.24) is 0 Å². The highest BCUT2D eigenvalue weighted by atomic mass is 35.5. The average molecular weight is 393 g/mol. The predicted octanol–water partition coefficient (Wildman–Crippen LogP) is 4.03. The van der Waals surface area contributed by atoms with Crippen molar-refractivity contribution in [2.24, 2.45) is 11.8 Å². The third-order valence-corrected chi connectivity index (χ3v) is 6.25. The van der Waals surface area contributed by atoms with E-state index in [-0.39, 0.29) is 30.7 Å². The van der Waals surface area contributed by atoms with Gasteiger partial charge in [-0.15, -0.1) is 0 Å². The minimum Gasteiger partial charge on any atom is -0.493 e. The molecule has 2 heterocycles. The van der Waals surface area contributed by atoms with E-state index in [9.17, 15) is 5.11 Å². The summed E-state index contributed by atoms with van der Waals surface area (Å²) >= 11 is 6.06. The topological polar surface area (TPSA) is 72.1 Å². The Morgan fingerprint density at radius 3 is 2.81 bits per heavy atom. The average Bonchev–Trinajstić information content (AvgIpc) is 3.26. The number of aliphatic hydroxyl groups excluding tert-OH is 2. The summed E-state index contributed by atoms with van der Waals surface area (Å²) in [6.45, 7) is 2.30. The Hall–Kier alpha value is -1.53. The Morgan fingerprint density at radius 2 is 2.07 bits per heavy atom. The van der Waals surface area contributed by atoms with Gasteiger partial charge in [-0.25, -0.2) is 0 Å². The van der Waals surface area contributed by atoms with Gasteiger partial charge in [-0.3, -0.25) is 0 Å². The van der Waals surface area contributed by atoms with Gasteiger partial charge in [-0.05, 0) is 61.6 Å². The fourth-order valence-corrected chi connectivity index (χ4v) is 4.44. The van der Waals surface area contributed by atoms with Crippen LogP contribution >= 0.6 is 11.6 Å². The SMILES string of the molecule is Cc1cc(OC[C@@H]2[C@H]3CC[C@H](c4ccc(CO)o4)O[C@H]3C[C@H]2O)ccc1Cl. The summed E-state index contributed by atoms with van der Waals surface area (Å²) in [7, 11) is 0. The Labute approximate surface area is 163 Å². The van der Waals surface area contributed by atoms with Crippen LogP contribution in [0.5, 0.6) is 5.75 Å². The number of aliphatic hydroxyl groups is 2. The lowest BCUT2D eigenvalue weighted by atomic mass is 9.86.